The Morgan fingerprint density at radius 2 is 1.61 bits per heavy atom. The summed E-state index contributed by atoms with van der Waals surface area (Å²) >= 11 is -3.26. The summed E-state index contributed by atoms with van der Waals surface area (Å²) in [7, 11) is 0. The van der Waals surface area contributed by atoms with Gasteiger partial charge in [-0.1, -0.05) is 30.3 Å². The lowest BCUT2D eigenvalue weighted by atomic mass is 10.0. The second-order valence-electron chi connectivity index (χ2n) is 3.22. The molecule has 0 aliphatic carbocycles. The molecule has 0 aromatic heterocycles. The third-order valence-corrected chi connectivity index (χ3v) is 2.35. The average Bonchev–Trinajstić information content (AvgIpc) is 2.25. The van der Waals surface area contributed by atoms with Gasteiger partial charge in [-0.25, -0.2) is 0 Å². The van der Waals surface area contributed by atoms with Crippen molar-refractivity contribution in [2.75, 3.05) is 0 Å². The SMILES string of the molecule is O=S(O)OC(c1ccccc1)C(F)(F)C(F)(F)F. The Kier molecular flexibility index (Phi) is 4.41. The standard InChI is InChI=1S/C9H7F5O3S/c10-8(11,9(12,13)14)7(17-18(15)16)6-4-2-1-3-5-6/h1-5,7H,(H,15,16). The van der Waals surface area contributed by atoms with Gasteiger partial charge in [0, 0.05) is 0 Å². The molecule has 102 valence electrons. The van der Waals surface area contributed by atoms with Crippen LogP contribution in [0.15, 0.2) is 30.3 Å². The molecule has 0 aliphatic rings. The summed E-state index contributed by atoms with van der Waals surface area (Å²) < 4.78 is 85.4. The molecule has 1 aromatic carbocycles. The largest absolute Gasteiger partial charge is 0.456 e. The Hall–Kier alpha value is -1.06. The van der Waals surface area contributed by atoms with Crippen LogP contribution in [0, 0.1) is 0 Å². The van der Waals surface area contributed by atoms with Crippen molar-refractivity contribution in [3.63, 3.8) is 0 Å². The molecule has 18 heavy (non-hydrogen) atoms. The van der Waals surface area contributed by atoms with Crippen molar-refractivity contribution in [1.29, 1.82) is 0 Å². The van der Waals surface area contributed by atoms with Crippen LogP contribution in [-0.2, 0) is 15.5 Å². The van der Waals surface area contributed by atoms with Gasteiger partial charge in [-0.05, 0) is 5.56 Å². The third kappa shape index (κ3) is 3.24. The lowest BCUT2D eigenvalue weighted by Crippen LogP contribution is -2.43. The molecule has 3 nitrogen and oxygen atoms in total. The molecule has 0 aliphatic heterocycles. The zero-order chi connectivity index (χ0) is 14.0. The normalized spacial score (nSPS) is 16.3. The van der Waals surface area contributed by atoms with E-state index in [1.54, 1.807) is 0 Å². The molecule has 9 heteroatoms. The second-order valence-corrected chi connectivity index (χ2v) is 3.85. The highest BCUT2D eigenvalue weighted by Gasteiger charge is 2.64. The summed E-state index contributed by atoms with van der Waals surface area (Å²) in [5, 5.41) is 0. The quantitative estimate of drug-likeness (QED) is 0.684. The van der Waals surface area contributed by atoms with E-state index in [-0.39, 0.29) is 0 Å². The molecule has 2 atom stereocenters. The fraction of sp³-hybridized carbons (Fsp3) is 0.333. The summed E-state index contributed by atoms with van der Waals surface area (Å²) in [6.07, 6.45) is -8.78. The minimum atomic E-state index is -5.90. The van der Waals surface area contributed by atoms with Crippen LogP contribution >= 0.6 is 0 Å². The van der Waals surface area contributed by atoms with E-state index in [9.17, 15) is 26.2 Å². The van der Waals surface area contributed by atoms with Crippen molar-refractivity contribution in [2.45, 2.75) is 18.2 Å². The summed E-state index contributed by atoms with van der Waals surface area (Å²) in [6, 6.07) is 5.69. The highest BCUT2D eigenvalue weighted by Crippen LogP contribution is 2.46. The van der Waals surface area contributed by atoms with Gasteiger partial charge in [0.15, 0.2) is 6.10 Å². The van der Waals surface area contributed by atoms with E-state index in [2.05, 4.69) is 4.18 Å². The Balaban J connectivity index is 3.18. The zero-order valence-corrected chi connectivity index (χ0v) is 9.34. The van der Waals surface area contributed by atoms with Crippen molar-refractivity contribution < 1.29 is 34.9 Å². The molecule has 0 saturated heterocycles. The van der Waals surface area contributed by atoms with Crippen LogP contribution < -0.4 is 0 Å². The summed E-state index contributed by atoms with van der Waals surface area (Å²) in [4.78, 5) is 0. The predicted octanol–water partition coefficient (Wildman–Crippen LogP) is 3.08. The lowest BCUT2D eigenvalue weighted by molar-refractivity contribution is -0.310. The van der Waals surface area contributed by atoms with Gasteiger partial charge < -0.3 is 0 Å². The van der Waals surface area contributed by atoms with E-state index in [0.29, 0.717) is 0 Å². The number of rotatable bonds is 4. The van der Waals surface area contributed by atoms with E-state index < -0.39 is 35.1 Å². The van der Waals surface area contributed by atoms with Crippen LogP contribution in [0.5, 0.6) is 0 Å². The number of alkyl halides is 5. The molecule has 0 heterocycles. The fourth-order valence-electron chi connectivity index (χ4n) is 1.18. The maximum atomic E-state index is 13.1. The highest BCUT2D eigenvalue weighted by molar-refractivity contribution is 7.74. The van der Waals surface area contributed by atoms with Gasteiger partial charge in [-0.2, -0.15) is 26.2 Å². The number of halogens is 5. The second kappa shape index (κ2) is 5.29. The molecular formula is C9H7F5O3S. The maximum absolute atomic E-state index is 13.1. The first kappa shape index (κ1) is 15.0. The van der Waals surface area contributed by atoms with Gasteiger partial charge in [-0.3, -0.25) is 8.74 Å². The number of benzene rings is 1. The zero-order valence-electron chi connectivity index (χ0n) is 8.53. The van der Waals surface area contributed by atoms with Gasteiger partial charge in [0.2, 0.25) is 0 Å². The van der Waals surface area contributed by atoms with Crippen molar-refractivity contribution in [2.24, 2.45) is 0 Å². The predicted molar refractivity (Wildman–Crippen MR) is 52.0 cm³/mol. The first-order chi connectivity index (χ1) is 8.16. The summed E-state index contributed by atoms with van der Waals surface area (Å²) in [5.74, 6) is -5.28. The van der Waals surface area contributed by atoms with E-state index >= 15 is 0 Å². The van der Waals surface area contributed by atoms with E-state index in [1.165, 1.54) is 18.2 Å². The smallest absolute Gasteiger partial charge is 0.284 e. The van der Waals surface area contributed by atoms with Gasteiger partial charge in [0.1, 0.15) is 0 Å². The number of hydrogen-bond acceptors (Lipinski definition) is 2. The lowest BCUT2D eigenvalue weighted by Gasteiger charge is -2.27. The van der Waals surface area contributed by atoms with Gasteiger partial charge in [-0.15, -0.1) is 0 Å². The molecule has 0 amide bonds. The molecular weight excluding hydrogens is 283 g/mol. The molecule has 0 radical (unpaired) electrons. The molecule has 0 saturated carbocycles. The molecule has 0 fully saturated rings. The van der Waals surface area contributed by atoms with Gasteiger partial charge in [0.25, 0.3) is 0 Å². The van der Waals surface area contributed by atoms with Crippen LogP contribution in [0.2, 0.25) is 0 Å². The van der Waals surface area contributed by atoms with Crippen molar-refractivity contribution >= 4 is 11.4 Å². The molecule has 1 rings (SSSR count). The van der Waals surface area contributed by atoms with E-state index in [4.69, 9.17) is 4.55 Å². The maximum Gasteiger partial charge on any atom is 0.456 e. The molecule has 2 unspecified atom stereocenters. The van der Waals surface area contributed by atoms with Gasteiger partial charge in [0.05, 0.1) is 0 Å². The third-order valence-electron chi connectivity index (χ3n) is 1.99. The van der Waals surface area contributed by atoms with Crippen LogP contribution in [-0.4, -0.2) is 20.9 Å². The number of hydrogen-bond donors (Lipinski definition) is 1. The van der Waals surface area contributed by atoms with Gasteiger partial charge >= 0.3 is 23.5 Å². The summed E-state index contributed by atoms with van der Waals surface area (Å²) in [5.41, 5.74) is -0.553. The molecule has 1 N–H and O–H groups in total. The Bertz CT molecular complexity index is 420. The monoisotopic (exact) mass is 290 g/mol. The van der Waals surface area contributed by atoms with Crippen LogP contribution in [0.1, 0.15) is 11.7 Å². The van der Waals surface area contributed by atoms with Crippen molar-refractivity contribution in [1.82, 2.24) is 0 Å². The first-order valence-corrected chi connectivity index (χ1v) is 5.47. The van der Waals surface area contributed by atoms with Crippen LogP contribution in [0.3, 0.4) is 0 Å². The van der Waals surface area contributed by atoms with Crippen molar-refractivity contribution in [3.05, 3.63) is 35.9 Å². The molecule has 1 aromatic rings. The van der Waals surface area contributed by atoms with Crippen molar-refractivity contribution in [3.8, 4) is 0 Å². The Labute approximate surface area is 101 Å². The Morgan fingerprint density at radius 3 is 2.00 bits per heavy atom. The van der Waals surface area contributed by atoms with E-state index in [0.717, 1.165) is 12.1 Å². The molecule has 0 bridgehead atoms. The highest BCUT2D eigenvalue weighted by atomic mass is 32.2. The minimum absolute atomic E-state index is 0.553. The topological polar surface area (TPSA) is 46.5 Å². The van der Waals surface area contributed by atoms with Crippen LogP contribution in [0.25, 0.3) is 0 Å². The minimum Gasteiger partial charge on any atom is -0.284 e. The average molecular weight is 290 g/mol. The van der Waals surface area contributed by atoms with Crippen LogP contribution in [0.4, 0.5) is 22.0 Å². The first-order valence-electron chi connectivity index (χ1n) is 4.43. The molecule has 0 spiro atoms. The Morgan fingerprint density at radius 1 is 1.11 bits per heavy atom. The van der Waals surface area contributed by atoms with E-state index in [1.807, 2.05) is 0 Å². The fourth-order valence-corrected chi connectivity index (χ4v) is 1.58. The summed E-state index contributed by atoms with van der Waals surface area (Å²) in [6.45, 7) is 0.